The molecule has 92 valence electrons. The van der Waals surface area contributed by atoms with E-state index in [4.69, 9.17) is 17.0 Å². The Kier molecular flexibility index (Phi) is 3.58. The van der Waals surface area contributed by atoms with Crippen molar-refractivity contribution in [3.05, 3.63) is 42.5 Å². The second-order valence-corrected chi connectivity index (χ2v) is 4.33. The predicted octanol–water partition coefficient (Wildman–Crippen LogP) is 3.33. The van der Waals surface area contributed by atoms with Gasteiger partial charge >= 0.3 is 0 Å². The molecule has 0 aliphatic rings. The van der Waals surface area contributed by atoms with Crippen molar-refractivity contribution in [2.24, 2.45) is 0 Å². The molecule has 0 bridgehead atoms. The van der Waals surface area contributed by atoms with E-state index >= 15 is 0 Å². The van der Waals surface area contributed by atoms with Crippen LogP contribution in [0.3, 0.4) is 0 Å². The van der Waals surface area contributed by atoms with Gasteiger partial charge < -0.3 is 5.41 Å². The Morgan fingerprint density at radius 3 is 2.67 bits per heavy atom. The number of aromatic nitrogens is 3. The highest BCUT2D eigenvalue weighted by atomic mass is 35.5. The molecule has 0 amide bonds. The van der Waals surface area contributed by atoms with Crippen LogP contribution in [0, 0.1) is 12.3 Å². The number of rotatable bonds is 3. The molecule has 2 heterocycles. The van der Waals surface area contributed by atoms with Crippen LogP contribution in [0.5, 0.6) is 0 Å². The van der Waals surface area contributed by atoms with Crippen molar-refractivity contribution < 1.29 is 0 Å². The Balaban J connectivity index is 2.44. The second-order valence-electron chi connectivity index (χ2n) is 3.94. The summed E-state index contributed by atoms with van der Waals surface area (Å²) in [5.41, 5.74) is 3.38. The molecule has 18 heavy (non-hydrogen) atoms. The van der Waals surface area contributed by atoms with Crippen molar-refractivity contribution in [2.45, 2.75) is 13.8 Å². The zero-order chi connectivity index (χ0) is 13.1. The van der Waals surface area contributed by atoms with Crippen LogP contribution in [-0.4, -0.2) is 20.5 Å². The van der Waals surface area contributed by atoms with Gasteiger partial charge in [0.2, 0.25) is 0 Å². The predicted molar refractivity (Wildman–Crippen MR) is 73.7 cm³/mol. The van der Waals surface area contributed by atoms with Crippen molar-refractivity contribution in [1.82, 2.24) is 14.8 Å². The first-order valence-corrected chi connectivity index (χ1v) is 5.85. The summed E-state index contributed by atoms with van der Waals surface area (Å²) in [7, 11) is 0. The quantitative estimate of drug-likeness (QED) is 0.861. The molecule has 1 N–H and O–H groups in total. The van der Waals surface area contributed by atoms with E-state index in [-0.39, 0.29) is 0 Å². The molecule has 0 saturated carbocycles. The minimum Gasteiger partial charge on any atom is -0.306 e. The summed E-state index contributed by atoms with van der Waals surface area (Å²) in [6, 6.07) is 3.85. The number of nitrogens with one attached hydrogen (secondary N) is 1. The van der Waals surface area contributed by atoms with E-state index in [1.807, 2.05) is 19.1 Å². The van der Waals surface area contributed by atoms with Gasteiger partial charge in [-0.3, -0.25) is 4.98 Å². The molecule has 0 radical (unpaired) electrons. The molecule has 0 aliphatic carbocycles. The SMILES string of the molecule is CC(=N)/C=C(/Cl)n1ncc(-c2ccncc2)c1C. The lowest BCUT2D eigenvalue weighted by Crippen LogP contribution is -1.98. The Hall–Kier alpha value is -1.94. The molecule has 2 aromatic rings. The van der Waals surface area contributed by atoms with Crippen LogP contribution in [-0.2, 0) is 0 Å². The molecular formula is C13H13ClN4. The summed E-state index contributed by atoms with van der Waals surface area (Å²) in [6.45, 7) is 3.61. The number of nitrogens with zero attached hydrogens (tertiary/aromatic N) is 3. The molecule has 5 heteroatoms. The fraction of sp³-hybridized carbons (Fsp3) is 0.154. The van der Waals surface area contributed by atoms with Crippen LogP contribution in [0.25, 0.3) is 16.3 Å². The maximum absolute atomic E-state index is 7.41. The van der Waals surface area contributed by atoms with E-state index in [9.17, 15) is 0 Å². The Morgan fingerprint density at radius 2 is 2.06 bits per heavy atom. The number of halogens is 1. The monoisotopic (exact) mass is 260 g/mol. The molecular weight excluding hydrogens is 248 g/mol. The largest absolute Gasteiger partial charge is 0.306 e. The standard InChI is InChI=1S/C13H13ClN4/c1-9(15)7-13(14)18-10(2)12(8-17-18)11-3-5-16-6-4-11/h3-8,15H,1-2H3/b13-7-,15-9?. The highest BCUT2D eigenvalue weighted by Gasteiger charge is 2.10. The van der Waals surface area contributed by atoms with E-state index in [0.29, 0.717) is 10.9 Å². The summed E-state index contributed by atoms with van der Waals surface area (Å²) >= 11 is 6.12. The summed E-state index contributed by atoms with van der Waals surface area (Å²) in [4.78, 5) is 3.99. The number of allylic oxidation sites excluding steroid dienone is 1. The maximum atomic E-state index is 7.41. The summed E-state index contributed by atoms with van der Waals surface area (Å²) in [5, 5.41) is 12.1. The van der Waals surface area contributed by atoms with E-state index in [1.165, 1.54) is 0 Å². The minimum atomic E-state index is 0.389. The second kappa shape index (κ2) is 5.14. The van der Waals surface area contributed by atoms with Crippen LogP contribution in [0.1, 0.15) is 12.6 Å². The number of pyridine rings is 1. The van der Waals surface area contributed by atoms with Gasteiger partial charge in [0, 0.05) is 23.7 Å². The van der Waals surface area contributed by atoms with Gasteiger partial charge in [-0.15, -0.1) is 0 Å². The lowest BCUT2D eigenvalue weighted by atomic mass is 10.1. The zero-order valence-electron chi connectivity index (χ0n) is 10.2. The van der Waals surface area contributed by atoms with E-state index in [0.717, 1.165) is 16.8 Å². The first-order chi connectivity index (χ1) is 8.59. The molecule has 2 rings (SSSR count). The molecule has 0 spiro atoms. The molecule has 4 nitrogen and oxygen atoms in total. The third-order valence-corrected chi connectivity index (χ3v) is 2.81. The van der Waals surface area contributed by atoms with Gasteiger partial charge in [0.25, 0.3) is 0 Å². The van der Waals surface area contributed by atoms with Crippen molar-refractivity contribution in [3.63, 3.8) is 0 Å². The molecule has 0 unspecified atom stereocenters. The Labute approximate surface area is 110 Å². The van der Waals surface area contributed by atoms with Crippen molar-refractivity contribution >= 4 is 22.5 Å². The van der Waals surface area contributed by atoms with Gasteiger partial charge in [-0.25, -0.2) is 4.68 Å². The van der Waals surface area contributed by atoms with E-state index < -0.39 is 0 Å². The smallest absolute Gasteiger partial charge is 0.132 e. The van der Waals surface area contributed by atoms with Crippen molar-refractivity contribution in [2.75, 3.05) is 0 Å². The molecule has 0 fully saturated rings. The van der Waals surface area contributed by atoms with Gasteiger partial charge in [0.05, 0.1) is 11.9 Å². The zero-order valence-corrected chi connectivity index (χ0v) is 10.9. The number of hydrogen-bond donors (Lipinski definition) is 1. The molecule has 0 aromatic carbocycles. The fourth-order valence-corrected chi connectivity index (χ4v) is 2.01. The fourth-order valence-electron chi connectivity index (χ4n) is 1.68. The molecule has 0 aliphatic heterocycles. The summed E-state index contributed by atoms with van der Waals surface area (Å²) in [5.74, 6) is 0. The van der Waals surface area contributed by atoms with Gasteiger partial charge in [0.1, 0.15) is 5.16 Å². The van der Waals surface area contributed by atoms with Crippen LogP contribution >= 0.6 is 11.6 Å². The molecule has 0 saturated heterocycles. The van der Waals surface area contributed by atoms with E-state index in [2.05, 4.69) is 10.1 Å². The Bertz CT molecular complexity index is 599. The van der Waals surface area contributed by atoms with Gasteiger partial charge in [-0.05, 0) is 37.6 Å². The minimum absolute atomic E-state index is 0.389. The van der Waals surface area contributed by atoms with Crippen LogP contribution in [0.15, 0.2) is 36.8 Å². The van der Waals surface area contributed by atoms with Crippen molar-refractivity contribution in [1.29, 1.82) is 5.41 Å². The van der Waals surface area contributed by atoms with Gasteiger partial charge in [-0.1, -0.05) is 11.6 Å². The first kappa shape index (κ1) is 12.5. The topological polar surface area (TPSA) is 54.6 Å². The first-order valence-electron chi connectivity index (χ1n) is 5.47. The summed E-state index contributed by atoms with van der Waals surface area (Å²) in [6.07, 6.45) is 6.81. The maximum Gasteiger partial charge on any atom is 0.132 e. The number of hydrogen-bond acceptors (Lipinski definition) is 3. The third kappa shape index (κ3) is 2.49. The van der Waals surface area contributed by atoms with Gasteiger partial charge in [-0.2, -0.15) is 5.10 Å². The third-order valence-electron chi connectivity index (χ3n) is 2.54. The van der Waals surface area contributed by atoms with E-state index in [1.54, 1.807) is 36.3 Å². The Morgan fingerprint density at radius 1 is 1.39 bits per heavy atom. The average molecular weight is 261 g/mol. The van der Waals surface area contributed by atoms with Crippen molar-refractivity contribution in [3.8, 4) is 11.1 Å². The van der Waals surface area contributed by atoms with Gasteiger partial charge in [0.15, 0.2) is 0 Å². The highest BCUT2D eigenvalue weighted by molar-refractivity contribution is 6.46. The molecule has 2 aromatic heterocycles. The summed E-state index contributed by atoms with van der Waals surface area (Å²) < 4.78 is 1.62. The van der Waals surface area contributed by atoms with Crippen LogP contribution in [0.4, 0.5) is 0 Å². The lowest BCUT2D eigenvalue weighted by Gasteiger charge is -2.04. The van der Waals surface area contributed by atoms with Crippen LogP contribution in [0.2, 0.25) is 0 Å². The lowest BCUT2D eigenvalue weighted by molar-refractivity contribution is 0.888. The van der Waals surface area contributed by atoms with Crippen LogP contribution < -0.4 is 0 Å². The average Bonchev–Trinajstić information content (AvgIpc) is 2.71. The highest BCUT2D eigenvalue weighted by Crippen LogP contribution is 2.25. The normalized spacial score (nSPS) is 11.6. The molecule has 0 atom stereocenters.